The van der Waals surface area contributed by atoms with Crippen LogP contribution >= 0.6 is 0 Å². The lowest BCUT2D eigenvalue weighted by Crippen LogP contribution is -2.49. The van der Waals surface area contributed by atoms with Gasteiger partial charge in [-0.1, -0.05) is 32.0 Å². The summed E-state index contributed by atoms with van der Waals surface area (Å²) in [6.45, 7) is 5.67. The molecule has 1 atom stereocenters. The highest BCUT2D eigenvalue weighted by atomic mass is 16.5. The van der Waals surface area contributed by atoms with Crippen molar-refractivity contribution in [2.24, 2.45) is 0 Å². The van der Waals surface area contributed by atoms with Crippen LogP contribution in [0.25, 0.3) is 0 Å². The van der Waals surface area contributed by atoms with Crippen molar-refractivity contribution < 1.29 is 28.6 Å². The lowest BCUT2D eigenvalue weighted by molar-refractivity contribution is -0.134. The SMILES string of the molecule is CCCOC(=O)c1ccc(OCC(=O)NNC(=O)C(CC)Oc2ccccc2C)cc1. The Morgan fingerprint density at radius 3 is 2.32 bits per heavy atom. The van der Waals surface area contributed by atoms with E-state index in [1.165, 1.54) is 0 Å². The van der Waals surface area contributed by atoms with Crippen molar-refractivity contribution in [3.8, 4) is 11.5 Å². The summed E-state index contributed by atoms with van der Waals surface area (Å²) in [6.07, 6.45) is 0.428. The van der Waals surface area contributed by atoms with Gasteiger partial charge in [0.25, 0.3) is 11.8 Å². The molecule has 0 bridgehead atoms. The van der Waals surface area contributed by atoms with Crippen LogP contribution in [0.2, 0.25) is 0 Å². The van der Waals surface area contributed by atoms with E-state index in [4.69, 9.17) is 14.2 Å². The maximum atomic E-state index is 12.3. The first-order valence-corrected chi connectivity index (χ1v) is 10.2. The Bertz CT molecular complexity index is 882. The molecular formula is C23H28N2O6. The van der Waals surface area contributed by atoms with Crippen molar-refractivity contribution in [3.05, 3.63) is 59.7 Å². The van der Waals surface area contributed by atoms with Crippen molar-refractivity contribution in [2.45, 2.75) is 39.7 Å². The topological polar surface area (TPSA) is 103 Å². The van der Waals surface area contributed by atoms with Gasteiger partial charge in [-0.25, -0.2) is 4.79 Å². The lowest BCUT2D eigenvalue weighted by atomic mass is 10.2. The van der Waals surface area contributed by atoms with Gasteiger partial charge >= 0.3 is 5.97 Å². The smallest absolute Gasteiger partial charge is 0.338 e. The van der Waals surface area contributed by atoms with E-state index >= 15 is 0 Å². The predicted octanol–water partition coefficient (Wildman–Crippen LogP) is 2.95. The summed E-state index contributed by atoms with van der Waals surface area (Å²) < 4.78 is 16.2. The van der Waals surface area contributed by atoms with Gasteiger partial charge in [-0.05, 0) is 55.7 Å². The minimum absolute atomic E-state index is 0.310. The van der Waals surface area contributed by atoms with Crippen LogP contribution < -0.4 is 20.3 Å². The summed E-state index contributed by atoms with van der Waals surface area (Å²) in [5, 5.41) is 0. The lowest BCUT2D eigenvalue weighted by Gasteiger charge is -2.18. The zero-order valence-corrected chi connectivity index (χ0v) is 18.0. The van der Waals surface area contributed by atoms with E-state index in [0.29, 0.717) is 30.1 Å². The van der Waals surface area contributed by atoms with Gasteiger partial charge in [0.15, 0.2) is 12.7 Å². The van der Waals surface area contributed by atoms with Crippen LogP contribution in [0.3, 0.4) is 0 Å². The third kappa shape index (κ3) is 7.65. The fraction of sp³-hybridized carbons (Fsp3) is 0.348. The second kappa shape index (κ2) is 12.2. The molecule has 8 nitrogen and oxygen atoms in total. The van der Waals surface area contributed by atoms with E-state index in [9.17, 15) is 14.4 Å². The average Bonchev–Trinajstić information content (AvgIpc) is 2.79. The molecule has 0 fully saturated rings. The van der Waals surface area contributed by atoms with Crippen molar-refractivity contribution in [1.82, 2.24) is 10.9 Å². The van der Waals surface area contributed by atoms with Crippen LogP contribution in [0.4, 0.5) is 0 Å². The number of hydrogen-bond donors (Lipinski definition) is 2. The Morgan fingerprint density at radius 1 is 0.968 bits per heavy atom. The summed E-state index contributed by atoms with van der Waals surface area (Å²) in [4.78, 5) is 36.0. The Morgan fingerprint density at radius 2 is 1.68 bits per heavy atom. The zero-order chi connectivity index (χ0) is 22.6. The fourth-order valence-corrected chi connectivity index (χ4v) is 2.53. The van der Waals surface area contributed by atoms with Crippen LogP contribution in [-0.4, -0.2) is 37.1 Å². The first-order chi connectivity index (χ1) is 14.9. The van der Waals surface area contributed by atoms with Gasteiger partial charge in [0.05, 0.1) is 12.2 Å². The molecule has 166 valence electrons. The molecular weight excluding hydrogens is 400 g/mol. The molecule has 2 aromatic rings. The number of rotatable bonds is 10. The summed E-state index contributed by atoms with van der Waals surface area (Å²) in [5.74, 6) is -0.393. The van der Waals surface area contributed by atoms with Gasteiger partial charge in [0.2, 0.25) is 0 Å². The molecule has 0 saturated heterocycles. The number of carbonyl (C=O) groups excluding carboxylic acids is 3. The largest absolute Gasteiger partial charge is 0.484 e. The standard InChI is InChI=1S/C23H28N2O6/c1-4-14-29-23(28)17-10-12-18(13-11-17)30-15-21(26)24-25-22(27)19(5-2)31-20-9-7-6-8-16(20)3/h6-13,19H,4-5,14-15H2,1-3H3,(H,24,26)(H,25,27). The highest BCUT2D eigenvalue weighted by molar-refractivity contribution is 5.89. The molecule has 0 aromatic heterocycles. The average molecular weight is 428 g/mol. The molecule has 0 radical (unpaired) electrons. The number of hydrogen-bond acceptors (Lipinski definition) is 6. The molecule has 0 spiro atoms. The monoisotopic (exact) mass is 428 g/mol. The molecule has 0 aliphatic carbocycles. The van der Waals surface area contributed by atoms with E-state index in [0.717, 1.165) is 12.0 Å². The Balaban J connectivity index is 1.77. The van der Waals surface area contributed by atoms with Crippen LogP contribution in [0.5, 0.6) is 11.5 Å². The quantitative estimate of drug-likeness (QED) is 0.446. The Labute approximate surface area is 181 Å². The number of carbonyl (C=O) groups is 3. The van der Waals surface area contributed by atoms with Crippen LogP contribution in [0, 0.1) is 6.92 Å². The molecule has 0 aliphatic heterocycles. The molecule has 8 heteroatoms. The van der Waals surface area contributed by atoms with Crippen molar-refractivity contribution in [2.75, 3.05) is 13.2 Å². The molecule has 1 unspecified atom stereocenters. The summed E-state index contributed by atoms with van der Waals surface area (Å²) in [5.41, 5.74) is 5.96. The number of ether oxygens (including phenoxy) is 3. The zero-order valence-electron chi connectivity index (χ0n) is 18.0. The third-order valence-electron chi connectivity index (χ3n) is 4.25. The molecule has 31 heavy (non-hydrogen) atoms. The van der Waals surface area contributed by atoms with E-state index in [-0.39, 0.29) is 6.61 Å². The van der Waals surface area contributed by atoms with Crippen LogP contribution in [-0.2, 0) is 14.3 Å². The third-order valence-corrected chi connectivity index (χ3v) is 4.25. The Kier molecular flexibility index (Phi) is 9.35. The van der Waals surface area contributed by atoms with Crippen LogP contribution in [0.15, 0.2) is 48.5 Å². The van der Waals surface area contributed by atoms with Gasteiger partial charge in [-0.3, -0.25) is 20.4 Å². The van der Waals surface area contributed by atoms with Crippen molar-refractivity contribution >= 4 is 17.8 Å². The first-order valence-electron chi connectivity index (χ1n) is 10.2. The van der Waals surface area contributed by atoms with E-state index in [1.807, 2.05) is 39.0 Å². The molecule has 0 aliphatic rings. The second-order valence-electron chi connectivity index (χ2n) is 6.77. The molecule has 0 saturated carbocycles. The van der Waals surface area contributed by atoms with Gasteiger partial charge in [0.1, 0.15) is 11.5 Å². The number of aryl methyl sites for hydroxylation is 1. The maximum Gasteiger partial charge on any atom is 0.338 e. The minimum Gasteiger partial charge on any atom is -0.484 e. The number of amides is 2. The number of hydrazine groups is 1. The summed E-state index contributed by atoms with van der Waals surface area (Å²) in [6, 6.07) is 13.6. The highest BCUT2D eigenvalue weighted by Crippen LogP contribution is 2.18. The highest BCUT2D eigenvalue weighted by Gasteiger charge is 2.19. The normalized spacial score (nSPS) is 11.2. The Hall–Kier alpha value is -3.55. The van der Waals surface area contributed by atoms with E-state index < -0.39 is 23.9 Å². The summed E-state index contributed by atoms with van der Waals surface area (Å²) >= 11 is 0. The van der Waals surface area contributed by atoms with Gasteiger partial charge in [0, 0.05) is 0 Å². The molecule has 2 aromatic carbocycles. The van der Waals surface area contributed by atoms with Crippen molar-refractivity contribution in [1.29, 1.82) is 0 Å². The second-order valence-corrected chi connectivity index (χ2v) is 6.77. The van der Waals surface area contributed by atoms with Gasteiger partial charge in [-0.2, -0.15) is 0 Å². The fourth-order valence-electron chi connectivity index (χ4n) is 2.53. The van der Waals surface area contributed by atoms with Gasteiger partial charge in [-0.15, -0.1) is 0 Å². The molecule has 2 amide bonds. The predicted molar refractivity (Wildman–Crippen MR) is 115 cm³/mol. The number of nitrogens with one attached hydrogen (secondary N) is 2. The van der Waals surface area contributed by atoms with Gasteiger partial charge < -0.3 is 14.2 Å². The van der Waals surface area contributed by atoms with Crippen LogP contribution in [0.1, 0.15) is 42.6 Å². The number of para-hydroxylation sites is 1. The molecule has 2 rings (SSSR count). The number of esters is 1. The minimum atomic E-state index is -0.748. The van der Waals surface area contributed by atoms with E-state index in [1.54, 1.807) is 30.3 Å². The molecule has 2 N–H and O–H groups in total. The van der Waals surface area contributed by atoms with E-state index in [2.05, 4.69) is 10.9 Å². The summed E-state index contributed by atoms with van der Waals surface area (Å²) in [7, 11) is 0. The molecule has 0 heterocycles. The van der Waals surface area contributed by atoms with Crippen molar-refractivity contribution in [3.63, 3.8) is 0 Å². The maximum absolute atomic E-state index is 12.3. The first kappa shape index (κ1) is 23.7. The number of benzene rings is 2.